The van der Waals surface area contributed by atoms with E-state index in [1.165, 1.54) is 0 Å². The molecule has 2 aromatic carbocycles. The Hall–Kier alpha value is -2.37. The molecule has 0 saturated carbocycles. The van der Waals surface area contributed by atoms with Crippen molar-refractivity contribution in [1.29, 1.82) is 0 Å². The maximum absolute atomic E-state index is 13.0. The number of carbonyl (C=O) groups is 2. The standard InChI is InChI=1S/C24H29ClN2O3/c1-18(2)15-27(23(28)14-19-6-4-3-5-7-19)17-22-16-26(12-13-30-22)24(29)20-8-10-21(25)11-9-20/h3-11,18,22H,12-17H2,1-2H3/t22-/m1/s1. The third-order valence-corrected chi connectivity index (χ3v) is 5.33. The van der Waals surface area contributed by atoms with Crippen LogP contribution >= 0.6 is 11.6 Å². The minimum atomic E-state index is -0.200. The Bertz CT molecular complexity index is 839. The van der Waals surface area contributed by atoms with Gasteiger partial charge in [-0.3, -0.25) is 9.59 Å². The second kappa shape index (κ2) is 10.6. The smallest absolute Gasteiger partial charge is 0.254 e. The van der Waals surface area contributed by atoms with Gasteiger partial charge in [0.15, 0.2) is 0 Å². The molecular formula is C24H29ClN2O3. The maximum atomic E-state index is 13.0. The Morgan fingerprint density at radius 1 is 1.13 bits per heavy atom. The van der Waals surface area contributed by atoms with Crippen molar-refractivity contribution in [2.75, 3.05) is 32.8 Å². The molecule has 2 aromatic rings. The van der Waals surface area contributed by atoms with E-state index < -0.39 is 0 Å². The summed E-state index contributed by atoms with van der Waals surface area (Å²) in [7, 11) is 0. The first-order valence-corrected chi connectivity index (χ1v) is 10.8. The summed E-state index contributed by atoms with van der Waals surface area (Å²) in [6, 6.07) is 16.7. The predicted octanol–water partition coefficient (Wildman–Crippen LogP) is 3.91. The zero-order valence-corrected chi connectivity index (χ0v) is 18.3. The van der Waals surface area contributed by atoms with Crippen LogP contribution in [0, 0.1) is 5.92 Å². The molecule has 0 N–H and O–H groups in total. The topological polar surface area (TPSA) is 49.9 Å². The predicted molar refractivity (Wildman–Crippen MR) is 119 cm³/mol. The number of ether oxygens (including phenoxy) is 1. The van der Waals surface area contributed by atoms with Gasteiger partial charge in [-0.15, -0.1) is 0 Å². The van der Waals surface area contributed by atoms with E-state index in [-0.39, 0.29) is 17.9 Å². The van der Waals surface area contributed by atoms with Gasteiger partial charge >= 0.3 is 0 Å². The van der Waals surface area contributed by atoms with Crippen LogP contribution in [-0.2, 0) is 16.0 Å². The molecule has 160 valence electrons. The average Bonchev–Trinajstić information content (AvgIpc) is 2.74. The summed E-state index contributed by atoms with van der Waals surface area (Å²) in [5.74, 6) is 0.394. The van der Waals surface area contributed by atoms with E-state index in [2.05, 4.69) is 13.8 Å². The van der Waals surface area contributed by atoms with Crippen molar-refractivity contribution in [3.63, 3.8) is 0 Å². The summed E-state index contributed by atoms with van der Waals surface area (Å²) >= 11 is 5.93. The number of hydrogen-bond donors (Lipinski definition) is 0. The van der Waals surface area contributed by atoms with Crippen LogP contribution in [-0.4, -0.2) is 60.5 Å². The molecule has 1 aliphatic rings. The van der Waals surface area contributed by atoms with Crippen LogP contribution in [0.2, 0.25) is 5.02 Å². The summed E-state index contributed by atoms with van der Waals surface area (Å²) in [4.78, 5) is 29.5. The fourth-order valence-corrected chi connectivity index (χ4v) is 3.76. The number of nitrogens with zero attached hydrogens (tertiary/aromatic N) is 2. The molecule has 3 rings (SSSR count). The van der Waals surface area contributed by atoms with E-state index in [0.717, 1.165) is 5.56 Å². The summed E-state index contributed by atoms with van der Waals surface area (Å²) in [5.41, 5.74) is 1.61. The molecule has 6 heteroatoms. The van der Waals surface area contributed by atoms with Gasteiger partial charge in [-0.25, -0.2) is 0 Å². The molecule has 0 spiro atoms. The van der Waals surface area contributed by atoms with Crippen LogP contribution in [0.1, 0.15) is 29.8 Å². The minimum absolute atomic E-state index is 0.0361. The summed E-state index contributed by atoms with van der Waals surface area (Å²) in [6.45, 7) is 6.81. The molecule has 30 heavy (non-hydrogen) atoms. The van der Waals surface area contributed by atoms with Crippen LogP contribution in [0.15, 0.2) is 54.6 Å². The highest BCUT2D eigenvalue weighted by atomic mass is 35.5. The molecular weight excluding hydrogens is 400 g/mol. The molecule has 0 radical (unpaired) electrons. The summed E-state index contributed by atoms with van der Waals surface area (Å²) in [6.07, 6.45) is 0.168. The highest BCUT2D eigenvalue weighted by molar-refractivity contribution is 6.30. The van der Waals surface area contributed by atoms with E-state index in [9.17, 15) is 9.59 Å². The van der Waals surface area contributed by atoms with Gasteiger partial charge in [-0.1, -0.05) is 55.8 Å². The molecule has 1 fully saturated rings. The first-order chi connectivity index (χ1) is 14.4. The van der Waals surface area contributed by atoms with Crippen molar-refractivity contribution in [3.8, 4) is 0 Å². The third kappa shape index (κ3) is 6.31. The van der Waals surface area contributed by atoms with E-state index >= 15 is 0 Å². The number of carbonyl (C=O) groups excluding carboxylic acids is 2. The molecule has 5 nitrogen and oxygen atoms in total. The molecule has 0 aromatic heterocycles. The molecule has 1 heterocycles. The van der Waals surface area contributed by atoms with E-state index in [1.54, 1.807) is 29.2 Å². The number of hydrogen-bond acceptors (Lipinski definition) is 3. The maximum Gasteiger partial charge on any atom is 0.254 e. The van der Waals surface area contributed by atoms with Crippen LogP contribution in [0.5, 0.6) is 0 Å². The number of benzene rings is 2. The lowest BCUT2D eigenvalue weighted by molar-refractivity contribution is -0.134. The van der Waals surface area contributed by atoms with Gasteiger partial charge in [-0.2, -0.15) is 0 Å². The van der Waals surface area contributed by atoms with Gasteiger partial charge in [0, 0.05) is 36.8 Å². The van der Waals surface area contributed by atoms with Crippen LogP contribution in [0.25, 0.3) is 0 Å². The SMILES string of the molecule is CC(C)CN(C[C@H]1CN(C(=O)c2ccc(Cl)cc2)CCO1)C(=O)Cc1ccccc1. The van der Waals surface area contributed by atoms with Crippen LogP contribution in [0.3, 0.4) is 0 Å². The van der Waals surface area contributed by atoms with Gasteiger partial charge in [0.2, 0.25) is 5.91 Å². The fourth-order valence-electron chi connectivity index (χ4n) is 3.64. The highest BCUT2D eigenvalue weighted by Crippen LogP contribution is 2.16. The second-order valence-corrected chi connectivity index (χ2v) is 8.54. The Morgan fingerprint density at radius 3 is 2.50 bits per heavy atom. The van der Waals surface area contributed by atoms with Crippen molar-refractivity contribution in [2.45, 2.75) is 26.4 Å². The van der Waals surface area contributed by atoms with Crippen LogP contribution < -0.4 is 0 Å². The molecule has 1 atom stereocenters. The second-order valence-electron chi connectivity index (χ2n) is 8.11. The average molecular weight is 429 g/mol. The fraction of sp³-hybridized carbons (Fsp3) is 0.417. The molecule has 0 aliphatic carbocycles. The number of amides is 2. The normalized spacial score (nSPS) is 16.5. The lowest BCUT2D eigenvalue weighted by Gasteiger charge is -2.36. The van der Waals surface area contributed by atoms with Gasteiger partial charge in [0.25, 0.3) is 5.91 Å². The van der Waals surface area contributed by atoms with Gasteiger partial charge in [0.05, 0.1) is 19.1 Å². The Balaban J connectivity index is 1.64. The van der Waals surface area contributed by atoms with Gasteiger partial charge < -0.3 is 14.5 Å². The Kier molecular flexibility index (Phi) is 7.88. The number of morpholine rings is 1. The molecule has 2 amide bonds. The monoisotopic (exact) mass is 428 g/mol. The van der Waals surface area contributed by atoms with E-state index in [1.807, 2.05) is 35.2 Å². The zero-order chi connectivity index (χ0) is 21.5. The molecule has 1 saturated heterocycles. The Morgan fingerprint density at radius 2 is 1.83 bits per heavy atom. The van der Waals surface area contributed by atoms with Gasteiger partial charge in [-0.05, 0) is 35.7 Å². The minimum Gasteiger partial charge on any atom is -0.373 e. The lowest BCUT2D eigenvalue weighted by atomic mass is 10.1. The quantitative estimate of drug-likeness (QED) is 0.671. The van der Waals surface area contributed by atoms with Crippen molar-refractivity contribution in [2.24, 2.45) is 5.92 Å². The van der Waals surface area contributed by atoms with Crippen molar-refractivity contribution in [3.05, 3.63) is 70.7 Å². The highest BCUT2D eigenvalue weighted by Gasteiger charge is 2.28. The Labute approximate surface area is 183 Å². The summed E-state index contributed by atoms with van der Waals surface area (Å²) in [5, 5.41) is 0.604. The number of halogens is 1. The first-order valence-electron chi connectivity index (χ1n) is 10.4. The van der Waals surface area contributed by atoms with Crippen molar-refractivity contribution in [1.82, 2.24) is 9.80 Å². The molecule has 0 unspecified atom stereocenters. The van der Waals surface area contributed by atoms with Crippen molar-refractivity contribution < 1.29 is 14.3 Å². The first kappa shape index (κ1) is 22.3. The lowest BCUT2D eigenvalue weighted by Crippen LogP contribution is -2.51. The van der Waals surface area contributed by atoms with Crippen LogP contribution in [0.4, 0.5) is 0 Å². The van der Waals surface area contributed by atoms with E-state index in [4.69, 9.17) is 16.3 Å². The zero-order valence-electron chi connectivity index (χ0n) is 17.6. The number of rotatable bonds is 7. The summed E-state index contributed by atoms with van der Waals surface area (Å²) < 4.78 is 5.92. The molecule has 0 bridgehead atoms. The largest absolute Gasteiger partial charge is 0.373 e. The van der Waals surface area contributed by atoms with E-state index in [0.29, 0.717) is 55.7 Å². The van der Waals surface area contributed by atoms with Gasteiger partial charge in [0.1, 0.15) is 0 Å². The third-order valence-electron chi connectivity index (χ3n) is 5.08. The molecule has 1 aliphatic heterocycles. The van der Waals surface area contributed by atoms with Crippen molar-refractivity contribution >= 4 is 23.4 Å².